The van der Waals surface area contributed by atoms with E-state index in [0.29, 0.717) is 17.6 Å². The van der Waals surface area contributed by atoms with Crippen molar-refractivity contribution in [1.29, 1.82) is 0 Å². The van der Waals surface area contributed by atoms with E-state index in [9.17, 15) is 9.36 Å². The molecule has 1 rings (SSSR count). The zero-order valence-corrected chi connectivity index (χ0v) is 12.8. The van der Waals surface area contributed by atoms with E-state index in [1.807, 2.05) is 0 Å². The lowest BCUT2D eigenvalue weighted by Crippen LogP contribution is -2.43. The van der Waals surface area contributed by atoms with Crippen LogP contribution in [0.5, 0.6) is 5.75 Å². The van der Waals surface area contributed by atoms with Crippen LogP contribution in [0.3, 0.4) is 0 Å². The summed E-state index contributed by atoms with van der Waals surface area (Å²) in [5, 5.41) is 0. The van der Waals surface area contributed by atoms with Crippen molar-refractivity contribution in [2.24, 2.45) is 5.73 Å². The highest BCUT2D eigenvalue weighted by molar-refractivity contribution is 7.55. The Bertz CT molecular complexity index is 493. The second-order valence-corrected chi connectivity index (χ2v) is 6.58. The molecule has 1 aromatic carbocycles. The van der Waals surface area contributed by atoms with E-state index in [-0.39, 0.29) is 13.2 Å². The van der Waals surface area contributed by atoms with Gasteiger partial charge in [0, 0.05) is 12.5 Å². The standard InChI is InChI=1S/C13H20NO5P/c1-4-17-20(16,18-5-2)13(3,14)19-12-8-6-7-11(9-12)10-15/h6-10H,4-5,14H2,1-3H3/t13-/m1/s1. The number of carbonyl (C=O) groups excluding carboxylic acids is 1. The summed E-state index contributed by atoms with van der Waals surface area (Å²) in [6.07, 6.45) is 0.686. The largest absolute Gasteiger partial charge is 0.461 e. The molecule has 7 heteroatoms. The van der Waals surface area contributed by atoms with Crippen molar-refractivity contribution in [3.8, 4) is 5.75 Å². The average molecular weight is 301 g/mol. The minimum atomic E-state index is -3.64. The van der Waals surface area contributed by atoms with Gasteiger partial charge in [-0.05, 0) is 26.0 Å². The van der Waals surface area contributed by atoms with E-state index in [4.69, 9.17) is 19.5 Å². The lowest BCUT2D eigenvalue weighted by Gasteiger charge is -2.32. The molecule has 6 nitrogen and oxygen atoms in total. The van der Waals surface area contributed by atoms with Crippen molar-refractivity contribution in [2.75, 3.05) is 13.2 Å². The highest BCUT2D eigenvalue weighted by atomic mass is 31.2. The molecule has 0 saturated heterocycles. The van der Waals surface area contributed by atoms with Gasteiger partial charge in [0.25, 0.3) is 5.47 Å². The second kappa shape index (κ2) is 6.99. The molecule has 0 spiro atoms. The van der Waals surface area contributed by atoms with Crippen molar-refractivity contribution < 1.29 is 23.1 Å². The second-order valence-electron chi connectivity index (χ2n) is 4.18. The van der Waals surface area contributed by atoms with Crippen molar-refractivity contribution in [3.63, 3.8) is 0 Å². The van der Waals surface area contributed by atoms with Crippen molar-refractivity contribution in [1.82, 2.24) is 0 Å². The Hall–Kier alpha value is -1.20. The zero-order valence-electron chi connectivity index (χ0n) is 11.9. The first-order chi connectivity index (χ1) is 9.38. The molecular weight excluding hydrogens is 281 g/mol. The van der Waals surface area contributed by atoms with Crippen molar-refractivity contribution >= 4 is 13.9 Å². The minimum Gasteiger partial charge on any atom is -0.461 e. The highest BCUT2D eigenvalue weighted by Crippen LogP contribution is 2.57. The number of nitrogens with two attached hydrogens (primary N) is 1. The summed E-state index contributed by atoms with van der Waals surface area (Å²) in [7, 11) is -3.64. The van der Waals surface area contributed by atoms with Gasteiger partial charge in [-0.3, -0.25) is 15.1 Å². The first-order valence-corrected chi connectivity index (χ1v) is 7.85. The van der Waals surface area contributed by atoms with Crippen LogP contribution in [0.15, 0.2) is 24.3 Å². The Morgan fingerprint density at radius 2 is 1.90 bits per heavy atom. The van der Waals surface area contributed by atoms with Gasteiger partial charge in [0.1, 0.15) is 12.0 Å². The molecule has 20 heavy (non-hydrogen) atoms. The SMILES string of the molecule is CCOP(=O)(OCC)[C@](C)(N)Oc1cccc(C=O)c1. The number of hydrogen-bond acceptors (Lipinski definition) is 6. The number of carbonyl (C=O) groups is 1. The molecule has 2 N–H and O–H groups in total. The Labute approximate surface area is 118 Å². The quantitative estimate of drug-likeness (QED) is 0.451. The van der Waals surface area contributed by atoms with Crippen LogP contribution in [0.1, 0.15) is 31.1 Å². The molecular formula is C13H20NO5P. The van der Waals surface area contributed by atoms with Crippen LogP contribution in [-0.4, -0.2) is 25.0 Å². The topological polar surface area (TPSA) is 87.8 Å². The first kappa shape index (κ1) is 16.9. The molecule has 0 amide bonds. The van der Waals surface area contributed by atoms with Gasteiger partial charge in [-0.2, -0.15) is 0 Å². The number of hydrogen-bond donors (Lipinski definition) is 1. The number of benzene rings is 1. The highest BCUT2D eigenvalue weighted by Gasteiger charge is 2.46. The summed E-state index contributed by atoms with van der Waals surface area (Å²) in [6, 6.07) is 6.38. The maximum absolute atomic E-state index is 12.6. The molecule has 0 saturated carbocycles. The van der Waals surface area contributed by atoms with Crippen LogP contribution >= 0.6 is 7.60 Å². The lowest BCUT2D eigenvalue weighted by atomic mass is 10.2. The summed E-state index contributed by atoms with van der Waals surface area (Å²) in [5.74, 6) is 0.319. The molecule has 0 unspecified atom stereocenters. The van der Waals surface area contributed by atoms with E-state index in [2.05, 4.69) is 0 Å². The predicted molar refractivity (Wildman–Crippen MR) is 75.9 cm³/mol. The fourth-order valence-electron chi connectivity index (χ4n) is 1.58. The Morgan fingerprint density at radius 3 is 2.40 bits per heavy atom. The normalized spacial score (nSPS) is 14.6. The molecule has 1 atom stereocenters. The minimum absolute atomic E-state index is 0.182. The van der Waals surface area contributed by atoms with Crippen LogP contribution in [0.4, 0.5) is 0 Å². The van der Waals surface area contributed by atoms with Crippen LogP contribution in [0.25, 0.3) is 0 Å². The van der Waals surface area contributed by atoms with Crippen LogP contribution in [0.2, 0.25) is 0 Å². The third-order valence-electron chi connectivity index (χ3n) is 2.46. The van der Waals surface area contributed by atoms with Gasteiger partial charge in [0.2, 0.25) is 0 Å². The molecule has 0 aliphatic rings. The van der Waals surface area contributed by atoms with Crippen molar-refractivity contribution in [3.05, 3.63) is 29.8 Å². The van der Waals surface area contributed by atoms with Crippen molar-refractivity contribution in [2.45, 2.75) is 26.2 Å². The van der Waals surface area contributed by atoms with E-state index < -0.39 is 13.1 Å². The molecule has 0 aliphatic carbocycles. The molecule has 0 fully saturated rings. The monoisotopic (exact) mass is 301 g/mol. The van der Waals surface area contributed by atoms with Gasteiger partial charge >= 0.3 is 7.60 Å². The van der Waals surface area contributed by atoms with Gasteiger partial charge < -0.3 is 13.8 Å². The first-order valence-electron chi connectivity index (χ1n) is 6.31. The number of aldehydes is 1. The fourth-order valence-corrected chi connectivity index (χ4v) is 3.06. The smallest absolute Gasteiger partial charge is 0.388 e. The van der Waals surface area contributed by atoms with Gasteiger partial charge in [-0.15, -0.1) is 0 Å². The van der Waals surface area contributed by atoms with Gasteiger partial charge in [-0.25, -0.2) is 0 Å². The third kappa shape index (κ3) is 3.90. The maximum atomic E-state index is 12.6. The van der Waals surface area contributed by atoms with E-state index in [1.54, 1.807) is 32.0 Å². The third-order valence-corrected chi connectivity index (χ3v) is 4.84. The van der Waals surface area contributed by atoms with Gasteiger partial charge in [0.15, 0.2) is 0 Å². The molecule has 0 aliphatic heterocycles. The molecule has 0 radical (unpaired) electrons. The summed E-state index contributed by atoms with van der Waals surface area (Å²) in [4.78, 5) is 10.7. The molecule has 0 aromatic heterocycles. The molecule has 112 valence electrons. The Morgan fingerprint density at radius 1 is 1.30 bits per heavy atom. The summed E-state index contributed by atoms with van der Waals surface area (Å²) >= 11 is 0. The van der Waals surface area contributed by atoms with Gasteiger partial charge in [-0.1, -0.05) is 12.1 Å². The molecule has 1 aromatic rings. The number of ether oxygens (including phenoxy) is 1. The Kier molecular flexibility index (Phi) is 5.89. The average Bonchev–Trinajstić information content (AvgIpc) is 2.39. The van der Waals surface area contributed by atoms with Crippen LogP contribution in [-0.2, 0) is 13.6 Å². The van der Waals surface area contributed by atoms with E-state index in [1.165, 1.54) is 13.0 Å². The van der Waals surface area contributed by atoms with E-state index >= 15 is 0 Å². The fraction of sp³-hybridized carbons (Fsp3) is 0.462. The maximum Gasteiger partial charge on any atom is 0.388 e. The van der Waals surface area contributed by atoms with Gasteiger partial charge in [0.05, 0.1) is 13.2 Å². The molecule has 0 bridgehead atoms. The van der Waals surface area contributed by atoms with E-state index in [0.717, 1.165) is 0 Å². The Balaban J connectivity index is 3.01. The zero-order chi connectivity index (χ0) is 15.2. The van der Waals surface area contributed by atoms with Crippen LogP contribution < -0.4 is 10.5 Å². The summed E-state index contributed by atoms with van der Waals surface area (Å²) < 4.78 is 28.5. The molecule has 0 heterocycles. The van der Waals surface area contributed by atoms with Crippen LogP contribution in [0, 0.1) is 0 Å². The number of rotatable bonds is 8. The predicted octanol–water partition coefficient (Wildman–Crippen LogP) is 2.78. The summed E-state index contributed by atoms with van der Waals surface area (Å²) in [6.45, 7) is 5.17. The lowest BCUT2D eigenvalue weighted by molar-refractivity contribution is 0.105. The summed E-state index contributed by atoms with van der Waals surface area (Å²) in [5.41, 5.74) is 4.75.